The number of carbonyl (C=O) groups is 2. The zero-order valence-corrected chi connectivity index (χ0v) is 24.4. The number of rotatable bonds is 4. The maximum Gasteiger partial charge on any atom is 0.309 e. The van der Waals surface area contributed by atoms with Crippen molar-refractivity contribution in [1.29, 1.82) is 0 Å². The smallest absolute Gasteiger partial charge is 0.309 e. The summed E-state index contributed by atoms with van der Waals surface area (Å²) in [5.41, 5.74) is -0.160. The van der Waals surface area contributed by atoms with Gasteiger partial charge in [0.25, 0.3) is 0 Å². The highest BCUT2D eigenvalue weighted by Crippen LogP contribution is 2.77. The number of aliphatic hydroxyl groups is 1. The normalized spacial score (nSPS) is 51.1. The van der Waals surface area contributed by atoms with E-state index < -0.39 is 11.4 Å². The Morgan fingerprint density at radius 2 is 1.57 bits per heavy atom. The minimum atomic E-state index is -0.605. The summed E-state index contributed by atoms with van der Waals surface area (Å²) in [6.07, 6.45) is 10.2. The molecule has 5 saturated carbocycles. The monoisotopic (exact) mass is 516 g/mol. The van der Waals surface area contributed by atoms with E-state index >= 15 is 0 Å². The van der Waals surface area contributed by atoms with Crippen molar-refractivity contribution in [3.8, 4) is 0 Å². The highest BCUT2D eigenvalue weighted by molar-refractivity contribution is 5.76. The SMILES string of the molecule is CC(=O)O[C@@H]1CC[C@@]2(C)C(CC[C@]3(C)C2CCC2C4[C@H]([C@@H](C)CO)CC[C@]4(C(=O)O)CC[C@]23C)C1(C)C. The summed E-state index contributed by atoms with van der Waals surface area (Å²) in [5.74, 6) is 1.41. The Labute approximate surface area is 224 Å². The van der Waals surface area contributed by atoms with Crippen LogP contribution in [0.2, 0.25) is 0 Å². The maximum absolute atomic E-state index is 12.9. The van der Waals surface area contributed by atoms with Gasteiger partial charge in [-0.15, -0.1) is 0 Å². The first kappa shape index (κ1) is 27.5. The highest BCUT2D eigenvalue weighted by Gasteiger charge is 2.72. The fraction of sp³-hybridized carbons (Fsp3) is 0.938. The van der Waals surface area contributed by atoms with E-state index in [1.54, 1.807) is 0 Å². The van der Waals surface area contributed by atoms with Crippen LogP contribution in [0.1, 0.15) is 113 Å². The van der Waals surface area contributed by atoms with Gasteiger partial charge in [0.1, 0.15) is 6.10 Å². The number of hydrogen-bond acceptors (Lipinski definition) is 4. The van der Waals surface area contributed by atoms with Crippen molar-refractivity contribution in [1.82, 2.24) is 0 Å². The Bertz CT molecular complexity index is 943. The lowest BCUT2D eigenvalue weighted by atomic mass is 9.32. The van der Waals surface area contributed by atoms with E-state index in [1.807, 2.05) is 0 Å². The minimum absolute atomic E-state index is 0.00978. The Morgan fingerprint density at radius 3 is 2.19 bits per heavy atom. The molecule has 0 saturated heterocycles. The average molecular weight is 517 g/mol. The molecule has 4 unspecified atom stereocenters. The summed E-state index contributed by atoms with van der Waals surface area (Å²) < 4.78 is 5.88. The highest BCUT2D eigenvalue weighted by atomic mass is 16.5. The molecule has 0 aromatic rings. The van der Waals surface area contributed by atoms with Gasteiger partial charge in [0.05, 0.1) is 5.41 Å². The predicted octanol–water partition coefficient (Wildman–Crippen LogP) is 6.71. The molecule has 0 aromatic carbocycles. The fourth-order valence-corrected chi connectivity index (χ4v) is 12.2. The molecule has 0 radical (unpaired) electrons. The van der Waals surface area contributed by atoms with E-state index in [1.165, 1.54) is 19.8 Å². The van der Waals surface area contributed by atoms with Crippen LogP contribution in [-0.4, -0.2) is 34.9 Å². The first-order valence-electron chi connectivity index (χ1n) is 15.2. The van der Waals surface area contributed by atoms with Crippen LogP contribution in [-0.2, 0) is 14.3 Å². The summed E-state index contributed by atoms with van der Waals surface area (Å²) in [6, 6.07) is 0. The second kappa shape index (κ2) is 8.70. The van der Waals surface area contributed by atoms with E-state index in [2.05, 4.69) is 41.5 Å². The van der Waals surface area contributed by atoms with Gasteiger partial charge in [0, 0.05) is 18.9 Å². The molecule has 0 aliphatic heterocycles. The van der Waals surface area contributed by atoms with Crippen LogP contribution in [0.5, 0.6) is 0 Å². The molecule has 210 valence electrons. The number of esters is 1. The van der Waals surface area contributed by atoms with Gasteiger partial charge in [0.15, 0.2) is 0 Å². The van der Waals surface area contributed by atoms with Crippen LogP contribution in [0.15, 0.2) is 0 Å². The molecule has 37 heavy (non-hydrogen) atoms. The number of carboxylic acids is 1. The van der Waals surface area contributed by atoms with Crippen molar-refractivity contribution in [2.24, 2.45) is 62.6 Å². The van der Waals surface area contributed by atoms with Gasteiger partial charge < -0.3 is 14.9 Å². The number of aliphatic carboxylic acids is 1. The summed E-state index contributed by atoms with van der Waals surface area (Å²) >= 11 is 0. The Balaban J connectivity index is 1.52. The zero-order valence-electron chi connectivity index (χ0n) is 24.4. The van der Waals surface area contributed by atoms with Crippen molar-refractivity contribution in [3.05, 3.63) is 0 Å². The summed E-state index contributed by atoms with van der Waals surface area (Å²) in [5, 5.41) is 20.7. The number of hydrogen-bond donors (Lipinski definition) is 2. The van der Waals surface area contributed by atoms with E-state index in [9.17, 15) is 19.8 Å². The maximum atomic E-state index is 12.9. The molecule has 5 rings (SSSR count). The van der Waals surface area contributed by atoms with Crippen molar-refractivity contribution >= 4 is 11.9 Å². The lowest BCUT2D eigenvalue weighted by Crippen LogP contribution is -2.67. The van der Waals surface area contributed by atoms with Gasteiger partial charge in [-0.05, 0) is 116 Å². The van der Waals surface area contributed by atoms with Crippen molar-refractivity contribution in [3.63, 3.8) is 0 Å². The lowest BCUT2D eigenvalue weighted by Gasteiger charge is -2.72. The third-order valence-electron chi connectivity index (χ3n) is 14.2. The number of fused-ring (bicyclic) bond motifs is 7. The van der Waals surface area contributed by atoms with Crippen LogP contribution in [0.3, 0.4) is 0 Å². The molecule has 0 amide bonds. The zero-order chi connectivity index (χ0) is 27.2. The Kier molecular flexibility index (Phi) is 6.46. The topological polar surface area (TPSA) is 83.8 Å². The summed E-state index contributed by atoms with van der Waals surface area (Å²) in [4.78, 5) is 24.8. The second-order valence-corrected chi connectivity index (χ2v) is 15.5. The van der Waals surface area contributed by atoms with E-state index in [4.69, 9.17) is 4.74 Å². The minimum Gasteiger partial charge on any atom is -0.481 e. The van der Waals surface area contributed by atoms with Gasteiger partial charge in [-0.1, -0.05) is 41.5 Å². The van der Waals surface area contributed by atoms with Crippen LogP contribution >= 0.6 is 0 Å². The molecule has 0 spiro atoms. The van der Waals surface area contributed by atoms with Crippen LogP contribution in [0.25, 0.3) is 0 Å². The van der Waals surface area contributed by atoms with Crippen molar-refractivity contribution in [2.45, 2.75) is 119 Å². The molecular formula is C32H52O5. The first-order valence-corrected chi connectivity index (χ1v) is 15.2. The van der Waals surface area contributed by atoms with Crippen LogP contribution < -0.4 is 0 Å². The van der Waals surface area contributed by atoms with Crippen molar-refractivity contribution < 1.29 is 24.5 Å². The summed E-state index contributed by atoms with van der Waals surface area (Å²) in [6.45, 7) is 16.2. The standard InChI is InChI=1S/C32H52O5/c1-19(18-33)21-10-15-32(27(35)36)17-16-30(6)22(26(21)32)8-9-24-29(5)13-12-25(37-20(2)34)28(3,4)23(29)11-14-31(24,30)7/h19,21-26,33H,8-18H2,1-7H3,(H,35,36)/t19-,21-,22?,23?,24?,25+,26?,29-,30+,31+,32-/m0/s1. The molecule has 5 heteroatoms. The summed E-state index contributed by atoms with van der Waals surface area (Å²) in [7, 11) is 0. The first-order chi connectivity index (χ1) is 17.2. The predicted molar refractivity (Wildman–Crippen MR) is 144 cm³/mol. The molecule has 11 atom stereocenters. The van der Waals surface area contributed by atoms with Crippen LogP contribution in [0.4, 0.5) is 0 Å². The van der Waals surface area contributed by atoms with E-state index in [0.717, 1.165) is 51.4 Å². The van der Waals surface area contributed by atoms with Crippen LogP contribution in [0, 0.1) is 62.6 Å². The number of carboxylic acid groups (broad SMARTS) is 1. The fourth-order valence-electron chi connectivity index (χ4n) is 12.2. The molecule has 5 aliphatic rings. The quantitative estimate of drug-likeness (QED) is 0.406. The third kappa shape index (κ3) is 3.50. The Morgan fingerprint density at radius 1 is 0.865 bits per heavy atom. The molecule has 5 fully saturated rings. The number of aliphatic hydroxyl groups excluding tert-OH is 1. The second-order valence-electron chi connectivity index (χ2n) is 15.5. The van der Waals surface area contributed by atoms with Gasteiger partial charge >= 0.3 is 11.9 Å². The van der Waals surface area contributed by atoms with E-state index in [0.29, 0.717) is 23.7 Å². The molecule has 5 nitrogen and oxygen atoms in total. The lowest BCUT2D eigenvalue weighted by molar-refractivity contribution is -0.251. The van der Waals surface area contributed by atoms with Crippen molar-refractivity contribution in [2.75, 3.05) is 6.61 Å². The average Bonchev–Trinajstić information content (AvgIpc) is 3.22. The Hall–Kier alpha value is -1.10. The van der Waals surface area contributed by atoms with E-state index in [-0.39, 0.29) is 52.2 Å². The number of ether oxygens (including phenoxy) is 1. The molecule has 0 bridgehead atoms. The van der Waals surface area contributed by atoms with Gasteiger partial charge in [-0.3, -0.25) is 9.59 Å². The van der Waals surface area contributed by atoms with Gasteiger partial charge in [-0.2, -0.15) is 0 Å². The molecule has 2 N–H and O–H groups in total. The van der Waals surface area contributed by atoms with Gasteiger partial charge in [-0.25, -0.2) is 0 Å². The van der Waals surface area contributed by atoms with Gasteiger partial charge in [0.2, 0.25) is 0 Å². The largest absolute Gasteiger partial charge is 0.481 e. The third-order valence-corrected chi connectivity index (χ3v) is 14.2. The molecule has 5 aliphatic carbocycles. The number of carbonyl (C=O) groups excluding carboxylic acids is 1. The molecule has 0 aromatic heterocycles. The molecular weight excluding hydrogens is 464 g/mol. The molecule has 0 heterocycles.